The van der Waals surface area contributed by atoms with Crippen molar-refractivity contribution in [3.63, 3.8) is 0 Å². The van der Waals surface area contributed by atoms with Crippen LogP contribution in [0.1, 0.15) is 18.1 Å². The maximum Gasteiger partial charge on any atom is 0.190 e. The summed E-state index contributed by atoms with van der Waals surface area (Å²) < 4.78 is 34.7. The summed E-state index contributed by atoms with van der Waals surface area (Å²) in [5, 5.41) is 3.41. The molecule has 0 N–H and O–H groups in total. The minimum absolute atomic E-state index is 0.233. The van der Waals surface area contributed by atoms with Crippen LogP contribution in [0.2, 0.25) is 0 Å². The van der Waals surface area contributed by atoms with Crippen LogP contribution in [0.4, 0.5) is 0 Å². The standard InChI is InChI=1S/C16H23NO5S/c1-5-6-8-21-15-10-13(2)16(14(3)11-15)22-12-23(18,19)9-7-17-20-4/h5-7,10-11H,8-9,12H2,1-4H3/b6-5+,17-7+. The zero-order chi connectivity index (χ0) is 17.3. The molecule has 0 saturated carbocycles. The largest absolute Gasteiger partial charge is 0.490 e. The van der Waals surface area contributed by atoms with Gasteiger partial charge >= 0.3 is 0 Å². The van der Waals surface area contributed by atoms with Gasteiger partial charge in [-0.3, -0.25) is 0 Å². The fourth-order valence-electron chi connectivity index (χ4n) is 1.88. The van der Waals surface area contributed by atoms with Gasteiger partial charge in [-0.25, -0.2) is 8.42 Å². The molecule has 1 aromatic rings. The molecule has 0 bridgehead atoms. The van der Waals surface area contributed by atoms with Crippen molar-refractivity contribution in [3.05, 3.63) is 35.4 Å². The lowest BCUT2D eigenvalue weighted by Gasteiger charge is -2.14. The summed E-state index contributed by atoms with van der Waals surface area (Å²) in [6, 6.07) is 3.65. The molecule has 0 heterocycles. The predicted octanol–water partition coefficient (Wildman–Crippen LogP) is 2.64. The number of allylic oxidation sites excluding steroid dienone is 1. The van der Waals surface area contributed by atoms with Crippen LogP contribution >= 0.6 is 0 Å². The Morgan fingerprint density at radius 2 is 1.83 bits per heavy atom. The highest BCUT2D eigenvalue weighted by molar-refractivity contribution is 7.91. The summed E-state index contributed by atoms with van der Waals surface area (Å²) >= 11 is 0. The lowest BCUT2D eigenvalue weighted by Crippen LogP contribution is -2.17. The highest BCUT2D eigenvalue weighted by atomic mass is 32.2. The second-order valence-electron chi connectivity index (χ2n) is 4.91. The average molecular weight is 341 g/mol. The summed E-state index contributed by atoms with van der Waals surface area (Å²) in [5.41, 5.74) is 1.64. The lowest BCUT2D eigenvalue weighted by atomic mass is 10.1. The number of aryl methyl sites for hydroxylation is 2. The molecular weight excluding hydrogens is 318 g/mol. The van der Waals surface area contributed by atoms with Gasteiger partial charge in [-0.05, 0) is 44.0 Å². The fourth-order valence-corrected chi connectivity index (χ4v) is 2.56. The van der Waals surface area contributed by atoms with E-state index in [9.17, 15) is 8.42 Å². The van der Waals surface area contributed by atoms with Gasteiger partial charge < -0.3 is 14.3 Å². The van der Waals surface area contributed by atoms with E-state index in [0.717, 1.165) is 16.9 Å². The Kier molecular flexibility index (Phi) is 7.61. The third kappa shape index (κ3) is 6.73. The molecule has 0 radical (unpaired) electrons. The quantitative estimate of drug-likeness (QED) is 0.392. The molecule has 6 nitrogen and oxygen atoms in total. The molecule has 0 aliphatic carbocycles. The highest BCUT2D eigenvalue weighted by Crippen LogP contribution is 2.28. The van der Waals surface area contributed by atoms with E-state index in [1.54, 1.807) is 0 Å². The fraction of sp³-hybridized carbons (Fsp3) is 0.438. The summed E-state index contributed by atoms with van der Waals surface area (Å²) in [6.45, 7) is 6.12. The van der Waals surface area contributed by atoms with Crippen molar-refractivity contribution in [2.24, 2.45) is 5.16 Å². The van der Waals surface area contributed by atoms with Crippen molar-refractivity contribution in [1.82, 2.24) is 0 Å². The minimum Gasteiger partial charge on any atom is -0.490 e. The maximum absolute atomic E-state index is 11.8. The van der Waals surface area contributed by atoms with Crippen molar-refractivity contribution in [2.45, 2.75) is 20.8 Å². The van der Waals surface area contributed by atoms with Crippen molar-refractivity contribution in [3.8, 4) is 11.5 Å². The molecule has 1 aromatic carbocycles. The number of nitrogens with zero attached hydrogens (tertiary/aromatic N) is 1. The number of ether oxygens (including phenoxy) is 2. The van der Waals surface area contributed by atoms with Gasteiger partial charge in [0.2, 0.25) is 0 Å². The Morgan fingerprint density at radius 3 is 2.39 bits per heavy atom. The number of sulfone groups is 1. The van der Waals surface area contributed by atoms with Gasteiger partial charge in [0, 0.05) is 0 Å². The van der Waals surface area contributed by atoms with Crippen LogP contribution in [0.25, 0.3) is 0 Å². The number of benzene rings is 1. The predicted molar refractivity (Wildman–Crippen MR) is 91.0 cm³/mol. The van der Waals surface area contributed by atoms with Crippen molar-refractivity contribution in [1.29, 1.82) is 0 Å². The van der Waals surface area contributed by atoms with Crippen LogP contribution in [0.3, 0.4) is 0 Å². The van der Waals surface area contributed by atoms with Crippen LogP contribution in [-0.4, -0.2) is 40.0 Å². The molecule has 0 atom stereocenters. The molecule has 0 aliphatic heterocycles. The summed E-state index contributed by atoms with van der Waals surface area (Å²) in [6.07, 6.45) is 5.01. The Bertz CT molecular complexity index is 642. The molecule has 128 valence electrons. The Morgan fingerprint density at radius 1 is 1.17 bits per heavy atom. The average Bonchev–Trinajstić information content (AvgIpc) is 2.46. The summed E-state index contributed by atoms with van der Waals surface area (Å²) in [7, 11) is -2.05. The van der Waals surface area contributed by atoms with Gasteiger partial charge in [0.05, 0.1) is 12.0 Å². The third-order valence-corrected chi connectivity index (χ3v) is 4.04. The third-order valence-electron chi connectivity index (χ3n) is 2.91. The first-order valence-electron chi connectivity index (χ1n) is 7.13. The van der Waals surface area contributed by atoms with Crippen molar-refractivity contribution >= 4 is 16.1 Å². The van der Waals surface area contributed by atoms with Gasteiger partial charge in [-0.15, -0.1) is 0 Å². The van der Waals surface area contributed by atoms with Crippen LogP contribution in [0.5, 0.6) is 11.5 Å². The number of hydrogen-bond acceptors (Lipinski definition) is 6. The summed E-state index contributed by atoms with van der Waals surface area (Å²) in [4.78, 5) is 4.44. The lowest BCUT2D eigenvalue weighted by molar-refractivity contribution is 0.215. The first-order chi connectivity index (χ1) is 10.9. The van der Waals surface area contributed by atoms with Crippen molar-refractivity contribution < 1.29 is 22.7 Å². The number of oxime groups is 1. The molecule has 0 fully saturated rings. The van der Waals surface area contributed by atoms with E-state index in [-0.39, 0.29) is 5.75 Å². The molecule has 0 amide bonds. The summed E-state index contributed by atoms with van der Waals surface area (Å²) in [5.74, 6) is 0.628. The molecular formula is C16H23NO5S. The van der Waals surface area contributed by atoms with Gasteiger partial charge in [-0.2, -0.15) is 0 Å². The van der Waals surface area contributed by atoms with E-state index in [0.29, 0.717) is 12.4 Å². The molecule has 0 unspecified atom stereocenters. The second kappa shape index (κ2) is 9.19. The molecule has 0 aliphatic rings. The molecule has 23 heavy (non-hydrogen) atoms. The smallest absolute Gasteiger partial charge is 0.190 e. The zero-order valence-corrected chi connectivity index (χ0v) is 14.7. The highest BCUT2D eigenvalue weighted by Gasteiger charge is 2.14. The monoisotopic (exact) mass is 341 g/mol. The normalized spacial score (nSPS) is 12.0. The van der Waals surface area contributed by atoms with E-state index < -0.39 is 15.8 Å². The van der Waals surface area contributed by atoms with E-state index in [1.807, 2.05) is 45.1 Å². The zero-order valence-electron chi connectivity index (χ0n) is 13.9. The molecule has 7 heteroatoms. The molecule has 0 spiro atoms. The van der Waals surface area contributed by atoms with Gasteiger partial charge in [-0.1, -0.05) is 17.3 Å². The van der Waals surface area contributed by atoms with E-state index in [2.05, 4.69) is 9.99 Å². The van der Waals surface area contributed by atoms with Crippen LogP contribution < -0.4 is 9.47 Å². The maximum atomic E-state index is 11.8. The van der Waals surface area contributed by atoms with Gasteiger partial charge in [0.15, 0.2) is 15.8 Å². The number of rotatable bonds is 9. The van der Waals surface area contributed by atoms with Crippen LogP contribution in [-0.2, 0) is 14.7 Å². The van der Waals surface area contributed by atoms with E-state index >= 15 is 0 Å². The SMILES string of the molecule is C/C=C/COc1cc(C)c(OCS(=O)(=O)C/C=N/OC)c(C)c1. The Balaban J connectivity index is 2.75. The van der Waals surface area contributed by atoms with E-state index in [1.165, 1.54) is 13.3 Å². The topological polar surface area (TPSA) is 74.2 Å². The Labute approximate surface area is 137 Å². The first-order valence-corrected chi connectivity index (χ1v) is 8.95. The first kappa shape index (κ1) is 19.0. The van der Waals surface area contributed by atoms with Gasteiger partial charge in [0.25, 0.3) is 0 Å². The molecule has 0 aromatic heterocycles. The van der Waals surface area contributed by atoms with Crippen LogP contribution in [0.15, 0.2) is 29.4 Å². The van der Waals surface area contributed by atoms with Gasteiger partial charge in [0.1, 0.15) is 25.2 Å². The van der Waals surface area contributed by atoms with E-state index in [4.69, 9.17) is 9.47 Å². The van der Waals surface area contributed by atoms with Crippen molar-refractivity contribution in [2.75, 3.05) is 25.4 Å². The van der Waals surface area contributed by atoms with Crippen LogP contribution in [0, 0.1) is 13.8 Å². The molecule has 1 rings (SSSR count). The number of hydrogen-bond donors (Lipinski definition) is 0. The molecule has 0 saturated heterocycles. The second-order valence-corrected chi connectivity index (χ2v) is 6.97. The Hall–Kier alpha value is -2.02. The minimum atomic E-state index is -3.41.